The summed E-state index contributed by atoms with van der Waals surface area (Å²) in [5, 5.41) is 0. The van der Waals surface area contributed by atoms with Crippen LogP contribution in [0, 0.1) is 19.3 Å². The van der Waals surface area contributed by atoms with E-state index in [2.05, 4.69) is 21.9 Å². The van der Waals surface area contributed by atoms with Crippen molar-refractivity contribution in [1.82, 2.24) is 0 Å². The highest BCUT2D eigenvalue weighted by Gasteiger charge is 2.14. The molecular weight excluding hydrogens is 308 g/mol. The molecule has 19 heavy (non-hydrogen) atoms. The minimum Gasteiger partial charge on any atom is -0.449 e. The largest absolute Gasteiger partial charge is 0.449 e. The van der Waals surface area contributed by atoms with Gasteiger partial charge in [0.25, 0.3) is 0 Å². The molecule has 0 bridgehead atoms. The van der Waals surface area contributed by atoms with E-state index in [-0.39, 0.29) is 12.4 Å². The number of ether oxygens (including phenoxy) is 1. The average molecular weight is 319 g/mol. The summed E-state index contributed by atoms with van der Waals surface area (Å²) < 4.78 is 11.2. The van der Waals surface area contributed by atoms with E-state index in [4.69, 9.17) is 15.6 Å². The van der Waals surface area contributed by atoms with Crippen molar-refractivity contribution in [3.63, 3.8) is 0 Å². The van der Waals surface area contributed by atoms with Gasteiger partial charge in [-0.15, -0.1) is 6.42 Å². The maximum Gasteiger partial charge on any atom is 0.375 e. The van der Waals surface area contributed by atoms with Crippen LogP contribution >= 0.6 is 15.9 Å². The molecule has 1 aromatic carbocycles. The van der Waals surface area contributed by atoms with Crippen molar-refractivity contribution >= 4 is 21.9 Å². The van der Waals surface area contributed by atoms with Crippen LogP contribution in [0.25, 0.3) is 11.3 Å². The Bertz CT molecular complexity index is 650. The second kappa shape index (κ2) is 5.77. The smallest absolute Gasteiger partial charge is 0.375 e. The summed E-state index contributed by atoms with van der Waals surface area (Å²) in [7, 11) is 0. The van der Waals surface area contributed by atoms with Gasteiger partial charge in [-0.2, -0.15) is 0 Å². The Labute approximate surface area is 119 Å². The van der Waals surface area contributed by atoms with Crippen molar-refractivity contribution in [3.05, 3.63) is 46.1 Å². The molecule has 1 heterocycles. The van der Waals surface area contributed by atoms with Gasteiger partial charge in [0.15, 0.2) is 6.61 Å². The molecule has 3 nitrogen and oxygen atoms in total. The van der Waals surface area contributed by atoms with Crippen molar-refractivity contribution in [2.75, 3.05) is 6.61 Å². The number of furan rings is 1. The second-order valence-corrected chi connectivity index (χ2v) is 4.78. The normalized spacial score (nSPS) is 9.95. The SMILES string of the molecule is C#CCOC(=O)c1ccc(-c2ccc(C)cc2Br)o1. The van der Waals surface area contributed by atoms with Gasteiger partial charge in [0.2, 0.25) is 5.76 Å². The molecule has 96 valence electrons. The predicted octanol–water partition coefficient (Wildman–Crippen LogP) is 3.81. The van der Waals surface area contributed by atoms with E-state index >= 15 is 0 Å². The third-order valence-electron chi connectivity index (χ3n) is 2.48. The molecule has 0 atom stereocenters. The van der Waals surface area contributed by atoms with Crippen LogP contribution < -0.4 is 0 Å². The fourth-order valence-electron chi connectivity index (χ4n) is 1.59. The number of carbonyl (C=O) groups excluding carboxylic acids is 1. The van der Waals surface area contributed by atoms with E-state index in [1.807, 2.05) is 25.1 Å². The standard InChI is InChI=1S/C15H11BrO3/c1-3-8-18-15(17)14-7-6-13(19-14)11-5-4-10(2)9-12(11)16/h1,4-7,9H,8H2,2H3. The highest BCUT2D eigenvalue weighted by Crippen LogP contribution is 2.30. The Balaban J connectivity index is 2.26. The molecule has 0 amide bonds. The molecule has 0 radical (unpaired) electrons. The Morgan fingerprint density at radius 1 is 1.42 bits per heavy atom. The quantitative estimate of drug-likeness (QED) is 0.638. The number of carbonyl (C=O) groups is 1. The minimum atomic E-state index is -0.563. The number of terminal acetylenes is 1. The van der Waals surface area contributed by atoms with Crippen LogP contribution in [-0.2, 0) is 4.74 Å². The number of rotatable bonds is 3. The van der Waals surface area contributed by atoms with Gasteiger partial charge in [0.1, 0.15) is 5.76 Å². The van der Waals surface area contributed by atoms with Gasteiger partial charge in [-0.1, -0.05) is 27.9 Å². The first-order valence-corrected chi connectivity index (χ1v) is 6.38. The first-order valence-electron chi connectivity index (χ1n) is 5.59. The third-order valence-corrected chi connectivity index (χ3v) is 3.14. The molecule has 0 saturated heterocycles. The fraction of sp³-hybridized carbons (Fsp3) is 0.133. The van der Waals surface area contributed by atoms with Crippen molar-refractivity contribution in [1.29, 1.82) is 0 Å². The lowest BCUT2D eigenvalue weighted by Crippen LogP contribution is -2.03. The predicted molar refractivity (Wildman–Crippen MR) is 75.7 cm³/mol. The molecule has 0 saturated carbocycles. The zero-order valence-corrected chi connectivity index (χ0v) is 11.9. The molecule has 0 spiro atoms. The minimum absolute atomic E-state index is 0.0664. The summed E-state index contributed by atoms with van der Waals surface area (Å²) in [6, 6.07) is 9.17. The number of aryl methyl sites for hydroxylation is 1. The molecule has 0 unspecified atom stereocenters. The Morgan fingerprint density at radius 3 is 2.89 bits per heavy atom. The van der Waals surface area contributed by atoms with Crippen LogP contribution in [0.5, 0.6) is 0 Å². The summed E-state index contributed by atoms with van der Waals surface area (Å²) in [4.78, 5) is 11.6. The van der Waals surface area contributed by atoms with Crippen molar-refractivity contribution in [3.8, 4) is 23.7 Å². The molecule has 4 heteroatoms. The zero-order chi connectivity index (χ0) is 13.8. The number of esters is 1. The summed E-state index contributed by atoms with van der Waals surface area (Å²) in [5.41, 5.74) is 2.01. The maximum atomic E-state index is 11.6. The van der Waals surface area contributed by atoms with Crippen LogP contribution in [0.1, 0.15) is 16.1 Å². The van der Waals surface area contributed by atoms with Gasteiger partial charge in [0, 0.05) is 10.0 Å². The van der Waals surface area contributed by atoms with Crippen LogP contribution in [0.3, 0.4) is 0 Å². The molecule has 2 aromatic rings. The summed E-state index contributed by atoms with van der Waals surface area (Å²) in [6.45, 7) is 1.93. The molecular formula is C15H11BrO3. The van der Waals surface area contributed by atoms with Gasteiger partial charge < -0.3 is 9.15 Å². The van der Waals surface area contributed by atoms with Gasteiger partial charge in [-0.3, -0.25) is 0 Å². The lowest BCUT2D eigenvalue weighted by molar-refractivity contribution is 0.0521. The van der Waals surface area contributed by atoms with Crippen LogP contribution in [0.4, 0.5) is 0 Å². The van der Waals surface area contributed by atoms with Crippen LogP contribution in [0.15, 0.2) is 39.2 Å². The molecule has 0 N–H and O–H groups in total. The van der Waals surface area contributed by atoms with Crippen LogP contribution in [-0.4, -0.2) is 12.6 Å². The first-order chi connectivity index (χ1) is 9.11. The third kappa shape index (κ3) is 3.07. The van der Waals surface area contributed by atoms with Gasteiger partial charge in [-0.25, -0.2) is 4.79 Å². The molecule has 0 fully saturated rings. The highest BCUT2D eigenvalue weighted by molar-refractivity contribution is 9.10. The molecule has 0 aliphatic rings. The summed E-state index contributed by atoms with van der Waals surface area (Å²) >= 11 is 3.47. The fourth-order valence-corrected chi connectivity index (χ4v) is 2.28. The second-order valence-electron chi connectivity index (χ2n) is 3.93. The average Bonchev–Trinajstić information content (AvgIpc) is 2.85. The van der Waals surface area contributed by atoms with E-state index < -0.39 is 5.97 Å². The van der Waals surface area contributed by atoms with E-state index in [1.54, 1.807) is 12.1 Å². The lowest BCUT2D eigenvalue weighted by Gasteiger charge is -2.02. The van der Waals surface area contributed by atoms with E-state index in [1.165, 1.54) is 0 Å². The number of hydrogen-bond donors (Lipinski definition) is 0. The number of benzene rings is 1. The Morgan fingerprint density at radius 2 is 2.21 bits per heavy atom. The van der Waals surface area contributed by atoms with Crippen molar-refractivity contribution < 1.29 is 13.9 Å². The number of hydrogen-bond acceptors (Lipinski definition) is 3. The number of halogens is 1. The van der Waals surface area contributed by atoms with Gasteiger partial charge in [-0.05, 0) is 36.8 Å². The summed E-state index contributed by atoms with van der Waals surface area (Å²) in [5.74, 6) is 2.40. The van der Waals surface area contributed by atoms with Crippen molar-refractivity contribution in [2.24, 2.45) is 0 Å². The topological polar surface area (TPSA) is 39.4 Å². The maximum absolute atomic E-state index is 11.6. The van der Waals surface area contributed by atoms with Gasteiger partial charge >= 0.3 is 5.97 Å². The van der Waals surface area contributed by atoms with Gasteiger partial charge in [0.05, 0.1) is 0 Å². The van der Waals surface area contributed by atoms with Crippen molar-refractivity contribution in [2.45, 2.75) is 6.92 Å². The Kier molecular flexibility index (Phi) is 4.08. The Hall–Kier alpha value is -1.99. The monoisotopic (exact) mass is 318 g/mol. The molecule has 0 aliphatic heterocycles. The first kappa shape index (κ1) is 13.4. The van der Waals surface area contributed by atoms with E-state index in [9.17, 15) is 4.79 Å². The highest BCUT2D eigenvalue weighted by atomic mass is 79.9. The van der Waals surface area contributed by atoms with E-state index in [0.717, 1.165) is 15.6 Å². The van der Waals surface area contributed by atoms with E-state index in [0.29, 0.717) is 5.76 Å². The molecule has 2 rings (SSSR count). The zero-order valence-electron chi connectivity index (χ0n) is 10.3. The molecule has 0 aliphatic carbocycles. The molecule has 1 aromatic heterocycles. The lowest BCUT2D eigenvalue weighted by atomic mass is 10.1. The van der Waals surface area contributed by atoms with Crippen LogP contribution in [0.2, 0.25) is 0 Å². The summed E-state index contributed by atoms with van der Waals surface area (Å²) in [6.07, 6.45) is 5.02.